The number of fused-ring (bicyclic) bond motifs is 1. The molecule has 0 aliphatic carbocycles. The molecule has 0 bridgehead atoms. The SMILES string of the molecule is O=C(O)c1ccc2nc(Nc3ccc(F)c(Br)c3)oc2c1. The quantitative estimate of drug-likeness (QED) is 0.741. The van der Waals surface area contributed by atoms with Gasteiger partial charge in [-0.1, -0.05) is 0 Å². The number of aromatic carboxylic acids is 1. The minimum absolute atomic E-state index is 0.120. The maximum absolute atomic E-state index is 13.2. The van der Waals surface area contributed by atoms with Gasteiger partial charge in [0.25, 0.3) is 6.01 Å². The Labute approximate surface area is 126 Å². The number of rotatable bonds is 3. The van der Waals surface area contributed by atoms with E-state index in [4.69, 9.17) is 9.52 Å². The second kappa shape index (κ2) is 5.17. The Balaban J connectivity index is 1.93. The molecule has 0 saturated heterocycles. The van der Waals surface area contributed by atoms with E-state index in [0.29, 0.717) is 21.3 Å². The highest BCUT2D eigenvalue weighted by Gasteiger charge is 2.10. The molecular weight excluding hydrogens is 343 g/mol. The van der Waals surface area contributed by atoms with Crippen LogP contribution in [0.3, 0.4) is 0 Å². The van der Waals surface area contributed by atoms with Gasteiger partial charge in [-0.15, -0.1) is 0 Å². The highest BCUT2D eigenvalue weighted by Crippen LogP contribution is 2.25. The molecule has 21 heavy (non-hydrogen) atoms. The van der Waals surface area contributed by atoms with E-state index >= 15 is 0 Å². The summed E-state index contributed by atoms with van der Waals surface area (Å²) in [6, 6.07) is 9.00. The third-order valence-corrected chi connectivity index (χ3v) is 3.41. The summed E-state index contributed by atoms with van der Waals surface area (Å²) in [6.45, 7) is 0. The number of carboxylic acid groups (broad SMARTS) is 1. The van der Waals surface area contributed by atoms with Crippen molar-refractivity contribution in [2.45, 2.75) is 0 Å². The smallest absolute Gasteiger partial charge is 0.335 e. The molecule has 1 heterocycles. The van der Waals surface area contributed by atoms with E-state index in [2.05, 4.69) is 26.2 Å². The van der Waals surface area contributed by atoms with Crippen LogP contribution in [0.5, 0.6) is 0 Å². The van der Waals surface area contributed by atoms with Gasteiger partial charge in [0.15, 0.2) is 5.58 Å². The number of anilines is 2. The summed E-state index contributed by atoms with van der Waals surface area (Å²) in [7, 11) is 0. The molecule has 0 atom stereocenters. The van der Waals surface area contributed by atoms with Gasteiger partial charge in [0, 0.05) is 5.69 Å². The van der Waals surface area contributed by atoms with E-state index in [9.17, 15) is 9.18 Å². The minimum Gasteiger partial charge on any atom is -0.478 e. The fourth-order valence-electron chi connectivity index (χ4n) is 1.81. The molecule has 3 aromatic rings. The molecule has 3 rings (SSSR count). The largest absolute Gasteiger partial charge is 0.478 e. The highest BCUT2D eigenvalue weighted by atomic mass is 79.9. The van der Waals surface area contributed by atoms with Gasteiger partial charge in [0.2, 0.25) is 0 Å². The van der Waals surface area contributed by atoms with Gasteiger partial charge in [-0.2, -0.15) is 4.98 Å². The zero-order valence-electron chi connectivity index (χ0n) is 10.4. The van der Waals surface area contributed by atoms with Crippen molar-refractivity contribution < 1.29 is 18.7 Å². The van der Waals surface area contributed by atoms with Crippen molar-refractivity contribution in [2.24, 2.45) is 0 Å². The Bertz CT molecular complexity index is 847. The van der Waals surface area contributed by atoms with E-state index in [1.165, 1.54) is 24.3 Å². The van der Waals surface area contributed by atoms with Crippen molar-refractivity contribution in [1.82, 2.24) is 4.98 Å². The van der Waals surface area contributed by atoms with Crippen LogP contribution in [0.2, 0.25) is 0 Å². The summed E-state index contributed by atoms with van der Waals surface area (Å²) in [4.78, 5) is 15.1. The topological polar surface area (TPSA) is 75.4 Å². The normalized spacial score (nSPS) is 10.8. The number of hydrogen-bond donors (Lipinski definition) is 2. The maximum atomic E-state index is 13.2. The Morgan fingerprint density at radius 1 is 1.29 bits per heavy atom. The summed E-state index contributed by atoms with van der Waals surface area (Å²) in [5.74, 6) is -1.41. The van der Waals surface area contributed by atoms with Gasteiger partial charge < -0.3 is 14.8 Å². The monoisotopic (exact) mass is 350 g/mol. The second-order valence-corrected chi connectivity index (χ2v) is 5.11. The second-order valence-electron chi connectivity index (χ2n) is 4.26. The predicted octanol–water partition coefficient (Wildman–Crippen LogP) is 4.17. The number of carbonyl (C=O) groups is 1. The van der Waals surface area contributed by atoms with E-state index in [-0.39, 0.29) is 17.4 Å². The molecule has 0 aliphatic heterocycles. The van der Waals surface area contributed by atoms with E-state index in [1.807, 2.05) is 0 Å². The Morgan fingerprint density at radius 2 is 2.10 bits per heavy atom. The lowest BCUT2D eigenvalue weighted by atomic mass is 10.2. The number of aromatic nitrogens is 1. The zero-order valence-corrected chi connectivity index (χ0v) is 12.0. The van der Waals surface area contributed by atoms with Gasteiger partial charge in [0.05, 0.1) is 10.0 Å². The standard InChI is InChI=1S/C14H8BrFN2O3/c15-9-6-8(2-3-10(9)16)17-14-18-11-4-1-7(13(19)20)5-12(11)21-14/h1-6H,(H,17,18)(H,19,20). The third kappa shape index (κ3) is 2.73. The molecule has 0 aliphatic rings. The van der Waals surface area contributed by atoms with Crippen LogP contribution in [-0.2, 0) is 0 Å². The van der Waals surface area contributed by atoms with E-state index in [1.54, 1.807) is 12.1 Å². The van der Waals surface area contributed by atoms with Crippen LogP contribution in [-0.4, -0.2) is 16.1 Å². The first kappa shape index (κ1) is 13.6. The van der Waals surface area contributed by atoms with Gasteiger partial charge >= 0.3 is 5.97 Å². The van der Waals surface area contributed by atoms with Crippen molar-refractivity contribution in [1.29, 1.82) is 0 Å². The van der Waals surface area contributed by atoms with Gasteiger partial charge in [-0.25, -0.2) is 9.18 Å². The summed E-state index contributed by atoms with van der Waals surface area (Å²) >= 11 is 3.09. The van der Waals surface area contributed by atoms with Crippen LogP contribution in [0.25, 0.3) is 11.1 Å². The van der Waals surface area contributed by atoms with Gasteiger partial charge in [-0.05, 0) is 52.3 Å². The van der Waals surface area contributed by atoms with Gasteiger partial charge in [-0.3, -0.25) is 0 Å². The summed E-state index contributed by atoms with van der Waals surface area (Å²) in [6.07, 6.45) is 0. The molecular formula is C14H8BrFN2O3. The van der Waals surface area contributed by atoms with Crippen molar-refractivity contribution in [2.75, 3.05) is 5.32 Å². The lowest BCUT2D eigenvalue weighted by Gasteiger charge is -2.02. The summed E-state index contributed by atoms with van der Waals surface area (Å²) in [5, 5.41) is 11.8. The number of oxazole rings is 1. The van der Waals surface area contributed by atoms with Crippen LogP contribution < -0.4 is 5.32 Å². The average Bonchev–Trinajstić information content (AvgIpc) is 2.84. The Hall–Kier alpha value is -2.41. The van der Waals surface area contributed by atoms with Crippen LogP contribution in [0.1, 0.15) is 10.4 Å². The Kier molecular flexibility index (Phi) is 3.34. The predicted molar refractivity (Wildman–Crippen MR) is 78.4 cm³/mol. The fraction of sp³-hybridized carbons (Fsp3) is 0. The zero-order chi connectivity index (χ0) is 15.0. The molecule has 0 unspecified atom stereocenters. The number of benzene rings is 2. The molecule has 0 saturated carbocycles. The number of nitrogens with one attached hydrogen (secondary N) is 1. The molecule has 0 fully saturated rings. The molecule has 7 heteroatoms. The molecule has 2 N–H and O–H groups in total. The van der Waals surface area contributed by atoms with Crippen LogP contribution >= 0.6 is 15.9 Å². The lowest BCUT2D eigenvalue weighted by Crippen LogP contribution is -1.94. The first-order valence-electron chi connectivity index (χ1n) is 5.89. The minimum atomic E-state index is -1.04. The first-order chi connectivity index (χ1) is 10.0. The molecule has 0 amide bonds. The molecule has 0 radical (unpaired) electrons. The molecule has 1 aromatic heterocycles. The number of carboxylic acids is 1. The van der Waals surface area contributed by atoms with Crippen molar-refractivity contribution in [3.63, 3.8) is 0 Å². The van der Waals surface area contributed by atoms with Crippen molar-refractivity contribution in [3.05, 3.63) is 52.3 Å². The highest BCUT2D eigenvalue weighted by molar-refractivity contribution is 9.10. The van der Waals surface area contributed by atoms with E-state index < -0.39 is 5.97 Å². The molecule has 2 aromatic carbocycles. The lowest BCUT2D eigenvalue weighted by molar-refractivity contribution is 0.0697. The molecule has 5 nitrogen and oxygen atoms in total. The van der Waals surface area contributed by atoms with Crippen LogP contribution in [0, 0.1) is 5.82 Å². The number of hydrogen-bond acceptors (Lipinski definition) is 4. The Morgan fingerprint density at radius 3 is 2.81 bits per heavy atom. The first-order valence-corrected chi connectivity index (χ1v) is 6.68. The molecule has 0 spiro atoms. The summed E-state index contributed by atoms with van der Waals surface area (Å²) in [5.41, 5.74) is 1.60. The third-order valence-electron chi connectivity index (χ3n) is 2.81. The van der Waals surface area contributed by atoms with E-state index in [0.717, 1.165) is 0 Å². The number of nitrogens with zero attached hydrogens (tertiary/aromatic N) is 1. The summed E-state index contributed by atoms with van der Waals surface area (Å²) < 4.78 is 18.9. The fourth-order valence-corrected chi connectivity index (χ4v) is 2.19. The number of halogens is 2. The maximum Gasteiger partial charge on any atom is 0.335 e. The van der Waals surface area contributed by atoms with Crippen molar-refractivity contribution in [3.8, 4) is 0 Å². The van der Waals surface area contributed by atoms with Crippen molar-refractivity contribution >= 4 is 44.7 Å². The molecule has 106 valence electrons. The van der Waals surface area contributed by atoms with Gasteiger partial charge in [0.1, 0.15) is 11.3 Å². The van der Waals surface area contributed by atoms with Crippen LogP contribution in [0.15, 0.2) is 45.3 Å². The van der Waals surface area contributed by atoms with Crippen LogP contribution in [0.4, 0.5) is 16.1 Å². The average molecular weight is 351 g/mol.